The molecule has 31 heavy (non-hydrogen) atoms. The van der Waals surface area contributed by atoms with Crippen LogP contribution in [0.5, 0.6) is 5.88 Å². The summed E-state index contributed by atoms with van der Waals surface area (Å²) in [4.78, 5) is 24.5. The third kappa shape index (κ3) is 3.94. The Hall–Kier alpha value is -3.17. The van der Waals surface area contributed by atoms with Crippen LogP contribution in [-0.4, -0.2) is 40.4 Å². The minimum atomic E-state index is -3.00. The summed E-state index contributed by atoms with van der Waals surface area (Å²) in [7, 11) is 0. The number of Topliss-reactive ketones (excluding diaryl/α,β-unsaturated/α-hetero) is 1. The van der Waals surface area contributed by atoms with Gasteiger partial charge in [0.05, 0.1) is 18.5 Å². The molecule has 0 saturated heterocycles. The van der Waals surface area contributed by atoms with Gasteiger partial charge in [-0.25, -0.2) is 28.1 Å². The Kier molecular flexibility index (Phi) is 5.32. The number of halogens is 3. The molecule has 3 atom stereocenters. The van der Waals surface area contributed by atoms with Gasteiger partial charge in [-0.05, 0) is 38.0 Å². The van der Waals surface area contributed by atoms with Crippen molar-refractivity contribution in [3.05, 3.63) is 53.2 Å². The molecule has 7 nitrogen and oxygen atoms in total. The number of rotatable bonds is 7. The van der Waals surface area contributed by atoms with Gasteiger partial charge in [0.25, 0.3) is 12.4 Å². The lowest BCUT2D eigenvalue weighted by Crippen LogP contribution is -2.43. The number of carbonyl (C=O) groups excluding carboxylic acids is 1. The maximum atomic E-state index is 14.7. The summed E-state index contributed by atoms with van der Waals surface area (Å²) >= 11 is 0. The van der Waals surface area contributed by atoms with Crippen LogP contribution < -0.4 is 10.5 Å². The molecule has 0 radical (unpaired) electrons. The lowest BCUT2D eigenvalue weighted by atomic mass is 9.83. The monoisotopic (exact) mass is 434 g/mol. The SMILES string of the molecule is CC(C)Oc1cnc(C(=O)Cc2ccc(F)c([C@@]3(C(F)F)N=C(N)O[C@@H]4C[C@@H]43)c2)cn1. The fourth-order valence-electron chi connectivity index (χ4n) is 3.83. The summed E-state index contributed by atoms with van der Waals surface area (Å²) < 4.78 is 53.7. The average Bonchev–Trinajstić information content (AvgIpc) is 3.48. The maximum absolute atomic E-state index is 14.7. The van der Waals surface area contributed by atoms with E-state index in [1.807, 2.05) is 13.8 Å². The molecule has 10 heteroatoms. The highest BCUT2D eigenvalue weighted by Crippen LogP contribution is 2.56. The van der Waals surface area contributed by atoms with Crippen LogP contribution >= 0.6 is 0 Å². The van der Waals surface area contributed by atoms with Crippen molar-refractivity contribution >= 4 is 11.8 Å². The highest BCUT2D eigenvalue weighted by molar-refractivity contribution is 5.95. The number of aromatic nitrogens is 2. The van der Waals surface area contributed by atoms with Crippen LogP contribution in [0.25, 0.3) is 0 Å². The van der Waals surface area contributed by atoms with Crippen LogP contribution in [0, 0.1) is 11.7 Å². The van der Waals surface area contributed by atoms with Gasteiger partial charge in [-0.2, -0.15) is 0 Å². The number of benzene rings is 1. The number of aliphatic imine (C=N–C) groups is 1. The van der Waals surface area contributed by atoms with E-state index in [1.54, 1.807) is 0 Å². The number of hydrogen-bond acceptors (Lipinski definition) is 7. The van der Waals surface area contributed by atoms with Crippen molar-refractivity contribution in [1.29, 1.82) is 0 Å². The summed E-state index contributed by atoms with van der Waals surface area (Å²) in [6.45, 7) is 3.66. The second-order valence-corrected chi connectivity index (χ2v) is 7.90. The van der Waals surface area contributed by atoms with Gasteiger partial charge in [0, 0.05) is 17.9 Å². The summed E-state index contributed by atoms with van der Waals surface area (Å²) in [6, 6.07) is 3.29. The van der Waals surface area contributed by atoms with E-state index in [0.717, 1.165) is 6.07 Å². The minimum Gasteiger partial charge on any atom is -0.474 e. The lowest BCUT2D eigenvalue weighted by Gasteiger charge is -2.33. The molecule has 4 rings (SSSR count). The summed E-state index contributed by atoms with van der Waals surface area (Å²) in [5, 5.41) is 0. The van der Waals surface area contributed by atoms with Crippen molar-refractivity contribution in [3.8, 4) is 5.88 Å². The summed E-state index contributed by atoms with van der Waals surface area (Å²) in [6.07, 6.45) is -0.857. The van der Waals surface area contributed by atoms with Crippen LogP contribution in [-0.2, 0) is 16.7 Å². The van der Waals surface area contributed by atoms with Crippen molar-refractivity contribution in [2.45, 2.75) is 50.9 Å². The Morgan fingerprint density at radius 3 is 2.74 bits per heavy atom. The number of alkyl halides is 2. The van der Waals surface area contributed by atoms with Crippen LogP contribution in [0.15, 0.2) is 35.6 Å². The van der Waals surface area contributed by atoms with Gasteiger partial charge in [-0.3, -0.25) is 4.79 Å². The minimum absolute atomic E-state index is 0.0844. The molecule has 164 valence electrons. The van der Waals surface area contributed by atoms with Gasteiger partial charge in [-0.15, -0.1) is 0 Å². The largest absolute Gasteiger partial charge is 0.474 e. The van der Waals surface area contributed by atoms with Gasteiger partial charge >= 0.3 is 0 Å². The van der Waals surface area contributed by atoms with Gasteiger partial charge in [0.2, 0.25) is 5.88 Å². The molecule has 2 heterocycles. The number of ether oxygens (including phenoxy) is 2. The molecular weight excluding hydrogens is 413 g/mol. The van der Waals surface area contributed by atoms with Crippen molar-refractivity contribution in [2.24, 2.45) is 16.6 Å². The first-order valence-electron chi connectivity index (χ1n) is 9.81. The fraction of sp³-hybridized carbons (Fsp3) is 0.429. The fourth-order valence-corrected chi connectivity index (χ4v) is 3.83. The molecule has 1 aliphatic heterocycles. The predicted octanol–water partition coefficient (Wildman–Crippen LogP) is 3.02. The Morgan fingerprint density at radius 1 is 1.32 bits per heavy atom. The normalized spacial score (nSPS) is 24.4. The third-order valence-electron chi connectivity index (χ3n) is 5.29. The number of nitrogens with zero attached hydrogens (tertiary/aromatic N) is 3. The van der Waals surface area contributed by atoms with Crippen LogP contribution in [0.2, 0.25) is 0 Å². The molecule has 0 unspecified atom stereocenters. The van der Waals surface area contributed by atoms with E-state index in [2.05, 4.69) is 15.0 Å². The second-order valence-electron chi connectivity index (χ2n) is 7.90. The molecular formula is C21H21F3N4O3. The molecule has 2 aliphatic rings. The molecule has 0 spiro atoms. The zero-order chi connectivity index (χ0) is 22.3. The predicted molar refractivity (Wildman–Crippen MR) is 105 cm³/mol. The van der Waals surface area contributed by atoms with E-state index in [9.17, 15) is 18.0 Å². The molecule has 1 fully saturated rings. The first-order chi connectivity index (χ1) is 14.7. The van der Waals surface area contributed by atoms with Crippen molar-refractivity contribution in [1.82, 2.24) is 9.97 Å². The number of nitrogens with two attached hydrogens (primary N) is 1. The Balaban J connectivity index is 1.61. The van der Waals surface area contributed by atoms with Crippen LogP contribution in [0.3, 0.4) is 0 Å². The summed E-state index contributed by atoms with van der Waals surface area (Å²) in [5.74, 6) is -1.63. The second kappa shape index (κ2) is 7.82. The number of fused-ring (bicyclic) bond motifs is 1. The van der Waals surface area contributed by atoms with E-state index in [1.165, 1.54) is 24.5 Å². The third-order valence-corrected chi connectivity index (χ3v) is 5.29. The van der Waals surface area contributed by atoms with Crippen molar-refractivity contribution < 1.29 is 27.4 Å². The zero-order valence-electron chi connectivity index (χ0n) is 16.9. The molecule has 1 aromatic carbocycles. The standard InChI is InChI=1S/C21H21F3N4O3/c1-10(2)30-18-9-26-15(8-27-18)16(29)6-11-3-4-14(22)12(5-11)21(19(23)24)13-7-17(13)31-20(25)28-21/h3-5,8-10,13,17,19H,6-7H2,1-2H3,(H2,25,28)/t13-,17+,21+/m0/s1. The molecule has 1 aliphatic carbocycles. The van der Waals surface area contributed by atoms with E-state index >= 15 is 0 Å². The van der Waals surface area contributed by atoms with E-state index in [0.29, 0.717) is 12.0 Å². The quantitative estimate of drug-likeness (QED) is 0.673. The highest BCUT2D eigenvalue weighted by atomic mass is 19.3. The first kappa shape index (κ1) is 21.1. The number of amidine groups is 1. The van der Waals surface area contributed by atoms with Crippen LogP contribution in [0.1, 0.15) is 41.9 Å². The van der Waals surface area contributed by atoms with E-state index in [4.69, 9.17) is 15.2 Å². The van der Waals surface area contributed by atoms with Crippen molar-refractivity contribution in [2.75, 3.05) is 0 Å². The first-order valence-corrected chi connectivity index (χ1v) is 9.81. The Morgan fingerprint density at radius 2 is 2.10 bits per heavy atom. The Bertz CT molecular complexity index is 1030. The van der Waals surface area contributed by atoms with E-state index < -0.39 is 35.6 Å². The van der Waals surface area contributed by atoms with E-state index in [-0.39, 0.29) is 35.7 Å². The zero-order valence-corrected chi connectivity index (χ0v) is 16.9. The van der Waals surface area contributed by atoms with Gasteiger partial charge < -0.3 is 15.2 Å². The molecule has 2 aromatic rings. The molecule has 0 amide bonds. The molecule has 1 saturated carbocycles. The lowest BCUT2D eigenvalue weighted by molar-refractivity contribution is 0.0176. The highest BCUT2D eigenvalue weighted by Gasteiger charge is 2.64. The van der Waals surface area contributed by atoms with Gasteiger partial charge in [0.15, 0.2) is 11.3 Å². The molecule has 1 aromatic heterocycles. The number of ketones is 1. The van der Waals surface area contributed by atoms with Gasteiger partial charge in [0.1, 0.15) is 17.6 Å². The Labute approximate surface area is 176 Å². The molecule has 2 N–H and O–H groups in total. The topological polar surface area (TPSA) is 99.7 Å². The smallest absolute Gasteiger partial charge is 0.283 e. The molecule has 0 bridgehead atoms. The average molecular weight is 434 g/mol. The maximum Gasteiger partial charge on any atom is 0.283 e. The van der Waals surface area contributed by atoms with Crippen LogP contribution in [0.4, 0.5) is 13.2 Å². The van der Waals surface area contributed by atoms with Crippen molar-refractivity contribution in [3.63, 3.8) is 0 Å². The number of carbonyl (C=O) groups is 1. The summed E-state index contributed by atoms with van der Waals surface area (Å²) in [5.41, 5.74) is 3.59. The van der Waals surface area contributed by atoms with Gasteiger partial charge in [-0.1, -0.05) is 6.07 Å². The number of hydrogen-bond donors (Lipinski definition) is 1.